The van der Waals surface area contributed by atoms with Crippen molar-refractivity contribution in [3.63, 3.8) is 0 Å². The molecule has 1 fully saturated rings. The predicted molar refractivity (Wildman–Crippen MR) is 71.6 cm³/mol. The Morgan fingerprint density at radius 1 is 1.56 bits per heavy atom. The summed E-state index contributed by atoms with van der Waals surface area (Å²) < 4.78 is 19.0. The summed E-state index contributed by atoms with van der Waals surface area (Å²) in [5.41, 5.74) is 0.528. The molecule has 1 aliphatic carbocycles. The number of benzene rings is 1. The third kappa shape index (κ3) is 2.53. The maximum absolute atomic E-state index is 14.0. The van der Waals surface area contributed by atoms with Crippen molar-refractivity contribution in [2.24, 2.45) is 5.92 Å². The van der Waals surface area contributed by atoms with E-state index in [-0.39, 0.29) is 11.2 Å². The van der Waals surface area contributed by atoms with Gasteiger partial charge >= 0.3 is 0 Å². The molecule has 0 aliphatic heterocycles. The predicted octanol–water partition coefficient (Wildman–Crippen LogP) is 2.99. The van der Waals surface area contributed by atoms with Gasteiger partial charge in [-0.2, -0.15) is 0 Å². The first-order valence-electron chi connectivity index (χ1n) is 6.26. The zero-order valence-corrected chi connectivity index (χ0v) is 11.6. The molecule has 2 atom stereocenters. The molecule has 1 saturated carbocycles. The van der Waals surface area contributed by atoms with Crippen molar-refractivity contribution in [3.8, 4) is 0 Å². The van der Waals surface area contributed by atoms with Crippen molar-refractivity contribution in [1.82, 2.24) is 5.32 Å². The Kier molecular flexibility index (Phi) is 4.25. The highest BCUT2D eigenvalue weighted by Crippen LogP contribution is 2.56. The van der Waals surface area contributed by atoms with Crippen LogP contribution in [0.1, 0.15) is 18.9 Å². The molecule has 18 heavy (non-hydrogen) atoms. The average molecular weight is 272 g/mol. The Labute approximate surface area is 112 Å². The molecule has 2 nitrogen and oxygen atoms in total. The molecule has 4 heteroatoms. The van der Waals surface area contributed by atoms with E-state index in [9.17, 15) is 4.39 Å². The summed E-state index contributed by atoms with van der Waals surface area (Å²) in [5, 5.41) is 3.86. The van der Waals surface area contributed by atoms with E-state index in [1.807, 2.05) is 0 Å². The lowest BCUT2D eigenvalue weighted by Crippen LogP contribution is -2.31. The average Bonchev–Trinajstić information content (AvgIpc) is 2.96. The van der Waals surface area contributed by atoms with E-state index in [4.69, 9.17) is 16.3 Å². The monoisotopic (exact) mass is 271 g/mol. The van der Waals surface area contributed by atoms with Crippen LogP contribution in [0.2, 0.25) is 5.02 Å². The van der Waals surface area contributed by atoms with E-state index >= 15 is 0 Å². The Morgan fingerprint density at radius 2 is 2.28 bits per heavy atom. The van der Waals surface area contributed by atoms with Gasteiger partial charge in [0.05, 0.1) is 6.61 Å². The topological polar surface area (TPSA) is 21.3 Å². The highest BCUT2D eigenvalue weighted by atomic mass is 35.5. The van der Waals surface area contributed by atoms with Crippen LogP contribution in [0.5, 0.6) is 0 Å². The first-order valence-corrected chi connectivity index (χ1v) is 6.64. The number of hydrogen-bond acceptors (Lipinski definition) is 2. The van der Waals surface area contributed by atoms with Crippen molar-refractivity contribution in [2.75, 3.05) is 26.8 Å². The van der Waals surface area contributed by atoms with Crippen LogP contribution in [0.3, 0.4) is 0 Å². The number of halogens is 2. The zero-order chi connectivity index (χ0) is 13.2. The van der Waals surface area contributed by atoms with Gasteiger partial charge in [-0.05, 0) is 24.5 Å². The van der Waals surface area contributed by atoms with E-state index in [2.05, 4.69) is 12.2 Å². The summed E-state index contributed by atoms with van der Waals surface area (Å²) in [6.45, 7) is 4.32. The molecule has 100 valence electrons. The van der Waals surface area contributed by atoms with Gasteiger partial charge in [0.25, 0.3) is 0 Å². The smallest absolute Gasteiger partial charge is 0.128 e. The van der Waals surface area contributed by atoms with Gasteiger partial charge in [-0.15, -0.1) is 0 Å². The van der Waals surface area contributed by atoms with Gasteiger partial charge in [-0.3, -0.25) is 0 Å². The third-order valence-corrected chi connectivity index (χ3v) is 4.15. The molecular weight excluding hydrogens is 253 g/mol. The number of nitrogens with one attached hydrogen (secondary N) is 1. The van der Waals surface area contributed by atoms with Crippen LogP contribution in [-0.4, -0.2) is 26.8 Å². The van der Waals surface area contributed by atoms with Gasteiger partial charge in [0.1, 0.15) is 5.82 Å². The van der Waals surface area contributed by atoms with Gasteiger partial charge in [0, 0.05) is 36.2 Å². The summed E-state index contributed by atoms with van der Waals surface area (Å²) in [5.74, 6) is 0.266. The number of rotatable bonds is 6. The first kappa shape index (κ1) is 13.8. The lowest BCUT2D eigenvalue weighted by Gasteiger charge is -2.20. The summed E-state index contributed by atoms with van der Waals surface area (Å²) in [6, 6.07) is 4.91. The van der Waals surface area contributed by atoms with E-state index in [1.54, 1.807) is 19.2 Å². The molecule has 0 heterocycles. The second-order valence-electron chi connectivity index (χ2n) is 5.03. The summed E-state index contributed by atoms with van der Waals surface area (Å²) in [7, 11) is 1.67. The van der Waals surface area contributed by atoms with Crippen molar-refractivity contribution >= 4 is 11.6 Å². The number of methoxy groups -OCH3 is 1. The fraction of sp³-hybridized carbons (Fsp3) is 0.571. The molecule has 0 saturated heterocycles. The molecular formula is C14H19ClFNO. The SMILES string of the molecule is COCCNCC1(c2c(F)cccc2Cl)CC1C. The summed E-state index contributed by atoms with van der Waals surface area (Å²) >= 11 is 6.17. The Morgan fingerprint density at radius 3 is 2.83 bits per heavy atom. The minimum absolute atomic E-state index is 0.143. The Hall–Kier alpha value is -0.640. The standard InChI is InChI=1S/C14H19ClFNO/c1-10-8-14(10,9-17-6-7-18-2)13-11(15)4-3-5-12(13)16/h3-5,10,17H,6-9H2,1-2H3. The van der Waals surface area contributed by atoms with Gasteiger partial charge in [0.2, 0.25) is 0 Å². The Balaban J connectivity index is 2.13. The van der Waals surface area contributed by atoms with Crippen LogP contribution in [0.25, 0.3) is 0 Å². The van der Waals surface area contributed by atoms with Gasteiger partial charge in [-0.25, -0.2) is 4.39 Å². The molecule has 0 aromatic heterocycles. The molecule has 0 radical (unpaired) electrons. The van der Waals surface area contributed by atoms with Crippen LogP contribution in [0, 0.1) is 11.7 Å². The number of ether oxygens (including phenoxy) is 1. The lowest BCUT2D eigenvalue weighted by molar-refractivity contribution is 0.198. The molecule has 0 spiro atoms. The molecule has 1 N–H and O–H groups in total. The molecule has 1 aromatic carbocycles. The minimum atomic E-state index is -0.194. The molecule has 1 aliphatic rings. The fourth-order valence-electron chi connectivity index (χ4n) is 2.63. The quantitative estimate of drug-likeness (QED) is 0.803. The molecule has 2 unspecified atom stereocenters. The highest BCUT2D eigenvalue weighted by Gasteiger charge is 2.54. The van der Waals surface area contributed by atoms with Gasteiger partial charge in [-0.1, -0.05) is 24.6 Å². The number of hydrogen-bond donors (Lipinski definition) is 1. The van der Waals surface area contributed by atoms with Crippen LogP contribution in [-0.2, 0) is 10.2 Å². The van der Waals surface area contributed by atoms with Gasteiger partial charge < -0.3 is 10.1 Å². The van der Waals surface area contributed by atoms with Crippen molar-refractivity contribution in [2.45, 2.75) is 18.8 Å². The van der Waals surface area contributed by atoms with Crippen molar-refractivity contribution < 1.29 is 9.13 Å². The van der Waals surface area contributed by atoms with Crippen LogP contribution >= 0.6 is 11.6 Å². The second kappa shape index (κ2) is 5.55. The van der Waals surface area contributed by atoms with Crippen LogP contribution < -0.4 is 5.32 Å². The molecule has 0 bridgehead atoms. The third-order valence-electron chi connectivity index (χ3n) is 3.84. The van der Waals surface area contributed by atoms with Crippen molar-refractivity contribution in [3.05, 3.63) is 34.6 Å². The lowest BCUT2D eigenvalue weighted by atomic mass is 9.92. The minimum Gasteiger partial charge on any atom is -0.383 e. The second-order valence-corrected chi connectivity index (χ2v) is 5.43. The van der Waals surface area contributed by atoms with Crippen LogP contribution in [0.4, 0.5) is 4.39 Å². The molecule has 2 rings (SSSR count). The highest BCUT2D eigenvalue weighted by molar-refractivity contribution is 6.31. The summed E-state index contributed by atoms with van der Waals surface area (Å²) in [4.78, 5) is 0. The fourth-order valence-corrected chi connectivity index (χ4v) is 2.98. The largest absolute Gasteiger partial charge is 0.383 e. The molecule has 0 amide bonds. The summed E-state index contributed by atoms with van der Waals surface area (Å²) in [6.07, 6.45) is 0.980. The van der Waals surface area contributed by atoms with E-state index < -0.39 is 0 Å². The van der Waals surface area contributed by atoms with E-state index in [1.165, 1.54) is 6.07 Å². The molecule has 1 aromatic rings. The van der Waals surface area contributed by atoms with E-state index in [0.29, 0.717) is 23.1 Å². The normalized spacial score (nSPS) is 26.3. The maximum Gasteiger partial charge on any atom is 0.128 e. The maximum atomic E-state index is 14.0. The van der Waals surface area contributed by atoms with Crippen LogP contribution in [0.15, 0.2) is 18.2 Å². The van der Waals surface area contributed by atoms with E-state index in [0.717, 1.165) is 19.5 Å². The zero-order valence-electron chi connectivity index (χ0n) is 10.8. The first-order chi connectivity index (χ1) is 8.62. The van der Waals surface area contributed by atoms with Crippen molar-refractivity contribution in [1.29, 1.82) is 0 Å². The Bertz CT molecular complexity index is 406. The van der Waals surface area contributed by atoms with Gasteiger partial charge in [0.15, 0.2) is 0 Å².